The van der Waals surface area contributed by atoms with Crippen LogP contribution in [0.1, 0.15) is 36.0 Å². The van der Waals surface area contributed by atoms with Crippen LogP contribution in [-0.4, -0.2) is 35.0 Å². The lowest BCUT2D eigenvalue weighted by atomic mass is 9.93. The van der Waals surface area contributed by atoms with E-state index in [2.05, 4.69) is 76.4 Å². The number of benzene rings is 1. The van der Waals surface area contributed by atoms with Crippen LogP contribution in [0.4, 0.5) is 15.9 Å². The minimum atomic E-state index is -0.374. The molecule has 2 heterocycles. The van der Waals surface area contributed by atoms with Crippen LogP contribution >= 0.6 is 0 Å². The Hall–Kier alpha value is -3.35. The highest BCUT2D eigenvalue weighted by Gasteiger charge is 2.52. The Balaban J connectivity index is 0.000000222. The summed E-state index contributed by atoms with van der Waals surface area (Å²) in [6, 6.07) is 12.4. The van der Waals surface area contributed by atoms with Crippen molar-refractivity contribution in [3.05, 3.63) is 77.3 Å². The van der Waals surface area contributed by atoms with Gasteiger partial charge in [-0.15, -0.1) is 0 Å². The van der Waals surface area contributed by atoms with Crippen molar-refractivity contribution in [1.29, 1.82) is 0 Å². The van der Waals surface area contributed by atoms with Crippen LogP contribution in [0.2, 0.25) is 0 Å². The first-order valence-electron chi connectivity index (χ1n) is 10.7. The predicted octanol–water partition coefficient (Wildman–Crippen LogP) is 4.60. The minimum Gasteiger partial charge on any atom is -0.371 e. The second kappa shape index (κ2) is 9.85. The summed E-state index contributed by atoms with van der Waals surface area (Å²) in [5, 5.41) is 2.32. The Morgan fingerprint density at radius 3 is 2.44 bits per heavy atom. The molecule has 1 N–H and O–H groups in total. The van der Waals surface area contributed by atoms with Gasteiger partial charge in [0.1, 0.15) is 17.5 Å². The molecule has 7 heteroatoms. The Bertz CT molecular complexity index is 1080. The van der Waals surface area contributed by atoms with Gasteiger partial charge in [0.05, 0.1) is 23.8 Å². The molecule has 4 rings (SSSR count). The van der Waals surface area contributed by atoms with Crippen molar-refractivity contribution in [3.63, 3.8) is 0 Å². The van der Waals surface area contributed by atoms with Crippen molar-refractivity contribution in [2.75, 3.05) is 23.8 Å². The van der Waals surface area contributed by atoms with E-state index in [-0.39, 0.29) is 11.2 Å². The number of rotatable bonds is 6. The zero-order valence-corrected chi connectivity index (χ0v) is 19.3. The molecule has 168 valence electrons. The van der Waals surface area contributed by atoms with E-state index in [9.17, 15) is 9.18 Å². The van der Waals surface area contributed by atoms with Crippen LogP contribution in [0.15, 0.2) is 48.8 Å². The zero-order chi connectivity index (χ0) is 23.3. The normalized spacial score (nSPS) is 18.9. The summed E-state index contributed by atoms with van der Waals surface area (Å²) in [5.74, 6) is 1.55. The minimum absolute atomic E-state index is 0.285. The highest BCUT2D eigenvalue weighted by molar-refractivity contribution is 5.68. The number of pyridine rings is 1. The molecule has 1 aromatic carbocycles. The molecule has 1 saturated carbocycles. The van der Waals surface area contributed by atoms with E-state index in [1.54, 1.807) is 6.92 Å². The molecule has 0 aliphatic heterocycles. The smallest absolute Gasteiger partial charge is 0.212 e. The maximum absolute atomic E-state index is 12.6. The number of halogens is 1. The third kappa shape index (κ3) is 5.28. The number of likely N-dealkylation sites (N-methyl/N-ethyl adjacent to an activating group) is 1. The van der Waals surface area contributed by atoms with Gasteiger partial charge in [-0.25, -0.2) is 19.3 Å². The van der Waals surface area contributed by atoms with E-state index < -0.39 is 0 Å². The molecule has 1 aliphatic rings. The van der Waals surface area contributed by atoms with Gasteiger partial charge in [0.15, 0.2) is 0 Å². The van der Waals surface area contributed by atoms with Crippen molar-refractivity contribution >= 4 is 17.9 Å². The highest BCUT2D eigenvalue weighted by atomic mass is 19.1. The molecule has 1 fully saturated rings. The summed E-state index contributed by atoms with van der Waals surface area (Å²) in [6.45, 7) is 8.97. The van der Waals surface area contributed by atoms with Gasteiger partial charge in [0.2, 0.25) is 6.41 Å². The molecule has 2 atom stereocenters. The van der Waals surface area contributed by atoms with E-state index >= 15 is 0 Å². The number of hydrogen-bond acceptors (Lipinski definition) is 5. The molecule has 0 radical (unpaired) electrons. The summed E-state index contributed by atoms with van der Waals surface area (Å²) < 4.78 is 12.6. The molecule has 6 nitrogen and oxygen atoms in total. The largest absolute Gasteiger partial charge is 0.371 e. The lowest BCUT2D eigenvalue weighted by Gasteiger charge is -2.27. The summed E-state index contributed by atoms with van der Waals surface area (Å²) in [6.07, 6.45) is 4.78. The van der Waals surface area contributed by atoms with Crippen molar-refractivity contribution < 1.29 is 9.18 Å². The molecule has 32 heavy (non-hydrogen) atoms. The van der Waals surface area contributed by atoms with Crippen LogP contribution in [0, 0.1) is 32.5 Å². The fraction of sp³-hybridized carbons (Fsp3) is 0.360. The third-order valence-corrected chi connectivity index (χ3v) is 6.06. The summed E-state index contributed by atoms with van der Waals surface area (Å²) in [4.78, 5) is 24.7. The van der Waals surface area contributed by atoms with Crippen LogP contribution < -0.4 is 10.2 Å². The first-order chi connectivity index (χ1) is 15.3. The maximum atomic E-state index is 12.6. The fourth-order valence-electron chi connectivity index (χ4n) is 4.11. The van der Waals surface area contributed by atoms with E-state index in [0.29, 0.717) is 17.8 Å². The molecule has 0 saturated heterocycles. The fourth-order valence-corrected chi connectivity index (χ4v) is 4.11. The SMILES string of the molecule is Cc1cc(NC=O)ncc1F.Cc1ncc(N(C)C[C@@]2(c3ccccc3)CC2C)c(C)n1. The number of nitrogens with one attached hydrogen (secondary N) is 1. The number of anilines is 2. The molecular weight excluding hydrogens is 405 g/mol. The van der Waals surface area contributed by atoms with Gasteiger partial charge in [-0.3, -0.25) is 4.79 Å². The van der Waals surface area contributed by atoms with E-state index in [4.69, 9.17) is 0 Å². The molecule has 0 spiro atoms. The Kier molecular flexibility index (Phi) is 7.18. The van der Waals surface area contributed by atoms with Crippen LogP contribution in [0.3, 0.4) is 0 Å². The van der Waals surface area contributed by atoms with Gasteiger partial charge in [0.25, 0.3) is 0 Å². The van der Waals surface area contributed by atoms with Crippen molar-refractivity contribution in [2.45, 2.75) is 39.5 Å². The van der Waals surface area contributed by atoms with E-state index in [0.717, 1.165) is 35.9 Å². The Morgan fingerprint density at radius 2 is 1.88 bits per heavy atom. The number of carbonyl (C=O) groups excluding carboxylic acids is 1. The number of hydrogen-bond donors (Lipinski definition) is 1. The van der Waals surface area contributed by atoms with Crippen molar-refractivity contribution in [3.8, 4) is 0 Å². The third-order valence-electron chi connectivity index (χ3n) is 6.06. The van der Waals surface area contributed by atoms with Gasteiger partial charge in [0, 0.05) is 19.0 Å². The van der Waals surface area contributed by atoms with Crippen LogP contribution in [0.5, 0.6) is 0 Å². The first-order valence-corrected chi connectivity index (χ1v) is 10.7. The van der Waals surface area contributed by atoms with Gasteiger partial charge >= 0.3 is 0 Å². The highest BCUT2D eigenvalue weighted by Crippen LogP contribution is 2.54. The molecule has 2 aromatic heterocycles. The molecule has 1 amide bonds. The summed E-state index contributed by atoms with van der Waals surface area (Å²) in [7, 11) is 2.15. The number of amides is 1. The standard InChI is InChI=1S/C18H23N3.C7H7FN2O/c1-13-10-18(13,16-8-6-5-7-9-16)12-21(4)17-11-19-15(3)20-14(17)2;1-5-2-7(10-4-11)9-3-6(5)8/h5-9,11,13H,10,12H2,1-4H3;2-4H,1H3,(H,9,10,11)/t13?,18-;/m0./s1. The number of aryl methyl sites for hydroxylation is 3. The molecule has 3 aromatic rings. The maximum Gasteiger partial charge on any atom is 0.212 e. The summed E-state index contributed by atoms with van der Waals surface area (Å²) in [5.41, 5.74) is 4.39. The second-order valence-corrected chi connectivity index (χ2v) is 8.45. The average molecular weight is 436 g/mol. The monoisotopic (exact) mass is 435 g/mol. The lowest BCUT2D eigenvalue weighted by Crippen LogP contribution is -2.31. The number of nitrogens with zero attached hydrogens (tertiary/aromatic N) is 4. The number of aromatic nitrogens is 3. The van der Waals surface area contributed by atoms with Crippen LogP contribution in [0.25, 0.3) is 0 Å². The van der Waals surface area contributed by atoms with E-state index in [1.807, 2.05) is 13.1 Å². The van der Waals surface area contributed by atoms with Gasteiger partial charge in [-0.05, 0) is 50.3 Å². The average Bonchev–Trinajstić information content (AvgIpc) is 3.42. The predicted molar refractivity (Wildman–Crippen MR) is 125 cm³/mol. The molecule has 1 unspecified atom stereocenters. The van der Waals surface area contributed by atoms with Crippen LogP contribution in [-0.2, 0) is 10.2 Å². The van der Waals surface area contributed by atoms with Gasteiger partial charge in [-0.1, -0.05) is 37.3 Å². The lowest BCUT2D eigenvalue weighted by molar-refractivity contribution is -0.105. The Morgan fingerprint density at radius 1 is 1.19 bits per heavy atom. The summed E-state index contributed by atoms with van der Waals surface area (Å²) >= 11 is 0. The Labute approximate surface area is 188 Å². The first kappa shape index (κ1) is 23.3. The number of carbonyl (C=O) groups is 1. The van der Waals surface area contributed by atoms with Crippen molar-refractivity contribution in [2.24, 2.45) is 5.92 Å². The van der Waals surface area contributed by atoms with Crippen molar-refractivity contribution in [1.82, 2.24) is 15.0 Å². The van der Waals surface area contributed by atoms with E-state index in [1.165, 1.54) is 18.1 Å². The molecule has 0 bridgehead atoms. The quantitative estimate of drug-likeness (QED) is 0.573. The van der Waals surface area contributed by atoms with Gasteiger partial charge < -0.3 is 10.2 Å². The molecule has 1 aliphatic carbocycles. The second-order valence-electron chi connectivity index (χ2n) is 8.45. The topological polar surface area (TPSA) is 71.0 Å². The van der Waals surface area contributed by atoms with Gasteiger partial charge in [-0.2, -0.15) is 0 Å². The molecular formula is C25H30FN5O. The zero-order valence-electron chi connectivity index (χ0n) is 19.3.